The van der Waals surface area contributed by atoms with Crippen molar-refractivity contribution in [2.24, 2.45) is 0 Å². The lowest BCUT2D eigenvalue weighted by molar-refractivity contribution is -0.140. The molecule has 0 aliphatic heterocycles. The minimum Gasteiger partial charge on any atom is -0.352 e. The van der Waals surface area contributed by atoms with Crippen LogP contribution < -0.4 is 5.32 Å². The Bertz CT molecular complexity index is 810. The van der Waals surface area contributed by atoms with Gasteiger partial charge >= 0.3 is 0 Å². The molecule has 0 radical (unpaired) electrons. The van der Waals surface area contributed by atoms with Crippen LogP contribution in [0.4, 0.5) is 4.39 Å². The summed E-state index contributed by atoms with van der Waals surface area (Å²) in [6, 6.07) is 12.5. The summed E-state index contributed by atoms with van der Waals surface area (Å²) in [6.07, 6.45) is 0.0351. The van der Waals surface area contributed by atoms with Crippen LogP contribution in [0.5, 0.6) is 0 Å². The Labute approximate surface area is 164 Å². The summed E-state index contributed by atoms with van der Waals surface area (Å²) in [5, 5.41) is 3.28. The smallest absolute Gasteiger partial charge is 0.242 e. The van der Waals surface area contributed by atoms with Crippen molar-refractivity contribution in [3.8, 4) is 0 Å². The van der Waals surface area contributed by atoms with E-state index < -0.39 is 11.9 Å². The molecule has 0 aliphatic rings. The fraction of sp³-hybridized carbons (Fsp3) is 0.333. The molecule has 0 saturated carbocycles. The molecule has 0 spiro atoms. The average molecular weight is 391 g/mol. The molecule has 1 N–H and O–H groups in total. The molecule has 2 amide bonds. The van der Waals surface area contributed by atoms with Gasteiger partial charge in [-0.2, -0.15) is 0 Å². The van der Waals surface area contributed by atoms with Crippen molar-refractivity contribution in [3.05, 3.63) is 70.5 Å². The molecule has 2 rings (SSSR count). The van der Waals surface area contributed by atoms with E-state index in [1.54, 1.807) is 49.4 Å². The van der Waals surface area contributed by atoms with Gasteiger partial charge in [0.1, 0.15) is 11.9 Å². The fourth-order valence-corrected chi connectivity index (χ4v) is 2.91. The van der Waals surface area contributed by atoms with Crippen LogP contribution in [0.3, 0.4) is 0 Å². The Balaban J connectivity index is 2.27. The van der Waals surface area contributed by atoms with Gasteiger partial charge in [-0.15, -0.1) is 0 Å². The number of halogens is 2. The molecule has 6 heteroatoms. The van der Waals surface area contributed by atoms with Gasteiger partial charge in [0.15, 0.2) is 0 Å². The van der Waals surface area contributed by atoms with Gasteiger partial charge in [0.25, 0.3) is 0 Å². The van der Waals surface area contributed by atoms with E-state index in [0.717, 1.165) is 0 Å². The minimum absolute atomic E-state index is 0.00262. The van der Waals surface area contributed by atoms with E-state index in [-0.39, 0.29) is 30.8 Å². The van der Waals surface area contributed by atoms with Crippen LogP contribution in [0.25, 0.3) is 0 Å². The molecule has 2 aromatic rings. The first-order valence-electron chi connectivity index (χ1n) is 8.86. The number of hydrogen-bond acceptors (Lipinski definition) is 2. The van der Waals surface area contributed by atoms with E-state index in [0.29, 0.717) is 16.1 Å². The van der Waals surface area contributed by atoms with Gasteiger partial charge < -0.3 is 10.2 Å². The van der Waals surface area contributed by atoms with Gasteiger partial charge in [0, 0.05) is 23.2 Å². The number of hydrogen-bond donors (Lipinski definition) is 1. The summed E-state index contributed by atoms with van der Waals surface area (Å²) in [5.41, 5.74) is 1.02. The molecule has 0 aromatic heterocycles. The molecular weight excluding hydrogens is 367 g/mol. The SMILES string of the molecule is CC(C)NC(=O)[C@H](C)N(Cc1ccccc1F)C(=O)Cc1ccccc1Cl. The molecule has 4 nitrogen and oxygen atoms in total. The van der Waals surface area contributed by atoms with Crippen LogP contribution >= 0.6 is 11.6 Å². The molecule has 1 atom stereocenters. The number of rotatable bonds is 7. The van der Waals surface area contributed by atoms with Crippen LogP contribution in [0.2, 0.25) is 5.02 Å². The minimum atomic E-state index is -0.748. The Morgan fingerprint density at radius 2 is 1.63 bits per heavy atom. The molecule has 0 saturated heterocycles. The molecular formula is C21H24ClFN2O2. The Morgan fingerprint density at radius 1 is 1.04 bits per heavy atom. The topological polar surface area (TPSA) is 49.4 Å². The lowest BCUT2D eigenvalue weighted by Crippen LogP contribution is -2.49. The summed E-state index contributed by atoms with van der Waals surface area (Å²) in [6.45, 7) is 5.33. The molecule has 0 bridgehead atoms. The third kappa shape index (κ3) is 5.79. The maximum Gasteiger partial charge on any atom is 0.242 e. The van der Waals surface area contributed by atoms with E-state index in [1.165, 1.54) is 11.0 Å². The number of benzene rings is 2. The fourth-order valence-electron chi connectivity index (χ4n) is 2.70. The van der Waals surface area contributed by atoms with Crippen molar-refractivity contribution >= 4 is 23.4 Å². The van der Waals surface area contributed by atoms with Crippen molar-refractivity contribution < 1.29 is 14.0 Å². The monoisotopic (exact) mass is 390 g/mol. The Hall–Kier alpha value is -2.40. The largest absolute Gasteiger partial charge is 0.352 e. The van der Waals surface area contributed by atoms with E-state index in [9.17, 15) is 14.0 Å². The maximum atomic E-state index is 14.1. The lowest BCUT2D eigenvalue weighted by atomic mass is 10.1. The van der Waals surface area contributed by atoms with Crippen LogP contribution in [-0.2, 0) is 22.6 Å². The van der Waals surface area contributed by atoms with Crippen LogP contribution in [0.1, 0.15) is 31.9 Å². The highest BCUT2D eigenvalue weighted by molar-refractivity contribution is 6.31. The Morgan fingerprint density at radius 3 is 2.22 bits per heavy atom. The van der Waals surface area contributed by atoms with Crippen molar-refractivity contribution in [1.29, 1.82) is 0 Å². The first kappa shape index (κ1) is 20.9. The number of amides is 2. The molecule has 2 aromatic carbocycles. The van der Waals surface area contributed by atoms with Crippen molar-refractivity contribution in [2.75, 3.05) is 0 Å². The third-order valence-corrected chi connectivity index (χ3v) is 4.57. The number of nitrogens with zero attached hydrogens (tertiary/aromatic N) is 1. The van der Waals surface area contributed by atoms with Gasteiger partial charge in [-0.1, -0.05) is 48.0 Å². The zero-order valence-corrected chi connectivity index (χ0v) is 16.5. The number of carbonyl (C=O) groups is 2. The second-order valence-electron chi connectivity index (χ2n) is 6.72. The van der Waals surface area contributed by atoms with Crippen LogP contribution in [0.15, 0.2) is 48.5 Å². The molecule has 0 fully saturated rings. The maximum absolute atomic E-state index is 14.1. The van der Waals surface area contributed by atoms with Gasteiger partial charge in [-0.3, -0.25) is 9.59 Å². The van der Waals surface area contributed by atoms with Gasteiger partial charge in [-0.25, -0.2) is 4.39 Å². The predicted octanol–water partition coefficient (Wildman–Crippen LogP) is 3.96. The normalized spacial score (nSPS) is 11.9. The molecule has 144 valence electrons. The van der Waals surface area contributed by atoms with E-state index in [4.69, 9.17) is 11.6 Å². The quantitative estimate of drug-likeness (QED) is 0.777. The molecule has 0 aliphatic carbocycles. The summed E-state index contributed by atoms with van der Waals surface area (Å²) >= 11 is 6.16. The van der Waals surface area contributed by atoms with Crippen molar-refractivity contribution in [1.82, 2.24) is 10.2 Å². The lowest BCUT2D eigenvalue weighted by Gasteiger charge is -2.29. The highest BCUT2D eigenvalue weighted by Crippen LogP contribution is 2.19. The zero-order valence-electron chi connectivity index (χ0n) is 15.7. The second-order valence-corrected chi connectivity index (χ2v) is 7.13. The predicted molar refractivity (Wildman–Crippen MR) is 105 cm³/mol. The Kier molecular flexibility index (Phi) is 7.36. The molecule has 0 unspecified atom stereocenters. The molecule has 0 heterocycles. The summed E-state index contributed by atoms with van der Waals surface area (Å²) < 4.78 is 14.1. The highest BCUT2D eigenvalue weighted by atomic mass is 35.5. The highest BCUT2D eigenvalue weighted by Gasteiger charge is 2.27. The van der Waals surface area contributed by atoms with Crippen LogP contribution in [-0.4, -0.2) is 28.8 Å². The zero-order chi connectivity index (χ0) is 20.0. The number of carbonyl (C=O) groups excluding carboxylic acids is 2. The van der Waals surface area contributed by atoms with Gasteiger partial charge in [0.05, 0.1) is 6.42 Å². The van der Waals surface area contributed by atoms with Crippen LogP contribution in [0, 0.1) is 5.82 Å². The van der Waals surface area contributed by atoms with E-state index in [1.807, 2.05) is 13.8 Å². The van der Waals surface area contributed by atoms with Gasteiger partial charge in [0.2, 0.25) is 11.8 Å². The second kappa shape index (κ2) is 9.51. The number of nitrogens with one attached hydrogen (secondary N) is 1. The summed E-state index contributed by atoms with van der Waals surface area (Å²) in [4.78, 5) is 26.8. The van der Waals surface area contributed by atoms with E-state index in [2.05, 4.69) is 5.32 Å². The van der Waals surface area contributed by atoms with Gasteiger partial charge in [-0.05, 0) is 38.5 Å². The summed E-state index contributed by atoms with van der Waals surface area (Å²) in [7, 11) is 0. The first-order valence-corrected chi connectivity index (χ1v) is 9.24. The molecule has 27 heavy (non-hydrogen) atoms. The summed E-state index contributed by atoms with van der Waals surface area (Å²) in [5.74, 6) is -0.990. The first-order chi connectivity index (χ1) is 12.8. The standard InChI is InChI=1S/C21H24ClFN2O2/c1-14(2)24-21(27)15(3)25(13-17-9-5-7-11-19(17)23)20(26)12-16-8-4-6-10-18(16)22/h4-11,14-15H,12-13H2,1-3H3,(H,24,27)/t15-/m0/s1. The average Bonchev–Trinajstić information content (AvgIpc) is 2.61. The van der Waals surface area contributed by atoms with Crippen molar-refractivity contribution in [2.45, 2.75) is 45.8 Å². The van der Waals surface area contributed by atoms with E-state index >= 15 is 0 Å². The van der Waals surface area contributed by atoms with Crippen molar-refractivity contribution in [3.63, 3.8) is 0 Å². The third-order valence-electron chi connectivity index (χ3n) is 4.20.